The van der Waals surface area contributed by atoms with E-state index in [1.54, 1.807) is 6.07 Å². The molecule has 3 heteroatoms. The molecule has 1 aliphatic rings. The third-order valence-corrected chi connectivity index (χ3v) is 2.26. The molecular formula is C11H11FO2. The van der Waals surface area contributed by atoms with Gasteiger partial charge in [-0.3, -0.25) is 4.79 Å². The minimum absolute atomic E-state index is 0.238. The summed E-state index contributed by atoms with van der Waals surface area (Å²) in [6, 6.07) is 4.25. The summed E-state index contributed by atoms with van der Waals surface area (Å²) in [4.78, 5) is 10.3. The Morgan fingerprint density at radius 2 is 2.29 bits per heavy atom. The van der Waals surface area contributed by atoms with Crippen LogP contribution in [0.1, 0.15) is 23.2 Å². The molecule has 1 fully saturated rings. The van der Waals surface area contributed by atoms with E-state index in [-0.39, 0.29) is 5.75 Å². The smallest absolute Gasteiger partial charge is 0.165 e. The zero-order valence-corrected chi connectivity index (χ0v) is 7.70. The van der Waals surface area contributed by atoms with Crippen molar-refractivity contribution in [1.29, 1.82) is 0 Å². The Labute approximate surface area is 81.7 Å². The molecule has 0 saturated heterocycles. The molecule has 0 aromatic heterocycles. The van der Waals surface area contributed by atoms with Gasteiger partial charge in [0.25, 0.3) is 0 Å². The van der Waals surface area contributed by atoms with Crippen molar-refractivity contribution < 1.29 is 13.9 Å². The predicted molar refractivity (Wildman–Crippen MR) is 50.0 cm³/mol. The summed E-state index contributed by atoms with van der Waals surface area (Å²) in [6.45, 7) is 0.581. The van der Waals surface area contributed by atoms with Crippen LogP contribution >= 0.6 is 0 Å². The molecule has 1 saturated carbocycles. The van der Waals surface area contributed by atoms with Gasteiger partial charge >= 0.3 is 0 Å². The average Bonchev–Trinajstić information content (AvgIpc) is 2.99. The molecule has 1 aromatic rings. The van der Waals surface area contributed by atoms with Gasteiger partial charge in [-0.1, -0.05) is 0 Å². The molecule has 1 aliphatic carbocycles. The first-order valence-corrected chi connectivity index (χ1v) is 4.67. The summed E-state index contributed by atoms with van der Waals surface area (Å²) >= 11 is 0. The van der Waals surface area contributed by atoms with Crippen LogP contribution in [0.4, 0.5) is 4.39 Å². The maximum atomic E-state index is 13.2. The number of aldehydes is 1. The maximum Gasteiger partial charge on any atom is 0.165 e. The molecule has 2 rings (SSSR count). The van der Waals surface area contributed by atoms with Crippen molar-refractivity contribution in [1.82, 2.24) is 0 Å². The monoisotopic (exact) mass is 194 g/mol. The SMILES string of the molecule is O=Cc1ccc(OCC2CC2)c(F)c1. The van der Waals surface area contributed by atoms with Crippen LogP contribution in [-0.4, -0.2) is 12.9 Å². The second-order valence-corrected chi connectivity index (χ2v) is 3.56. The fourth-order valence-corrected chi connectivity index (χ4v) is 1.20. The van der Waals surface area contributed by atoms with Crippen molar-refractivity contribution in [2.45, 2.75) is 12.8 Å². The predicted octanol–water partition coefficient (Wildman–Crippen LogP) is 2.43. The Balaban J connectivity index is 2.04. The van der Waals surface area contributed by atoms with Crippen LogP contribution in [0.15, 0.2) is 18.2 Å². The summed E-state index contributed by atoms with van der Waals surface area (Å²) in [6.07, 6.45) is 2.97. The zero-order chi connectivity index (χ0) is 9.97. The second kappa shape index (κ2) is 3.78. The quantitative estimate of drug-likeness (QED) is 0.688. The Hall–Kier alpha value is -1.38. The fraction of sp³-hybridized carbons (Fsp3) is 0.364. The summed E-state index contributed by atoms with van der Waals surface area (Å²) in [5, 5.41) is 0. The molecule has 0 spiro atoms. The van der Waals surface area contributed by atoms with Gasteiger partial charge in [0, 0.05) is 5.56 Å². The van der Waals surface area contributed by atoms with Crippen molar-refractivity contribution in [3.05, 3.63) is 29.6 Å². The van der Waals surface area contributed by atoms with Crippen LogP contribution < -0.4 is 4.74 Å². The van der Waals surface area contributed by atoms with E-state index >= 15 is 0 Å². The molecule has 1 aromatic carbocycles. The van der Waals surface area contributed by atoms with Crippen molar-refractivity contribution in [3.8, 4) is 5.75 Å². The number of rotatable bonds is 4. The Kier molecular flexibility index (Phi) is 2.48. The summed E-state index contributed by atoms with van der Waals surface area (Å²) < 4.78 is 18.5. The number of benzene rings is 1. The normalized spacial score (nSPS) is 15.2. The number of carbonyl (C=O) groups is 1. The van der Waals surface area contributed by atoms with Crippen LogP contribution in [0, 0.1) is 11.7 Å². The highest BCUT2D eigenvalue weighted by Crippen LogP contribution is 2.30. The highest BCUT2D eigenvalue weighted by molar-refractivity contribution is 5.74. The molecule has 0 heterocycles. The van der Waals surface area contributed by atoms with Crippen molar-refractivity contribution >= 4 is 6.29 Å². The lowest BCUT2D eigenvalue weighted by Gasteiger charge is -2.05. The van der Waals surface area contributed by atoms with E-state index in [0.717, 1.165) is 0 Å². The standard InChI is InChI=1S/C11H11FO2/c12-10-5-9(6-13)3-4-11(10)14-7-8-1-2-8/h3-6,8H,1-2,7H2. The van der Waals surface area contributed by atoms with Gasteiger partial charge in [-0.15, -0.1) is 0 Å². The minimum atomic E-state index is -0.463. The highest BCUT2D eigenvalue weighted by atomic mass is 19.1. The van der Waals surface area contributed by atoms with E-state index in [9.17, 15) is 9.18 Å². The highest BCUT2D eigenvalue weighted by Gasteiger charge is 2.22. The molecule has 0 unspecified atom stereocenters. The fourth-order valence-electron chi connectivity index (χ4n) is 1.20. The van der Waals surface area contributed by atoms with Gasteiger partial charge in [0.1, 0.15) is 6.29 Å². The van der Waals surface area contributed by atoms with Gasteiger partial charge in [-0.05, 0) is 37.0 Å². The molecule has 0 atom stereocenters. The summed E-state index contributed by atoms with van der Waals surface area (Å²) in [5.41, 5.74) is 0.335. The van der Waals surface area contributed by atoms with Crippen molar-refractivity contribution in [2.24, 2.45) is 5.92 Å². The Bertz CT molecular complexity index is 345. The molecule has 74 valence electrons. The van der Waals surface area contributed by atoms with Gasteiger partial charge in [0.15, 0.2) is 11.6 Å². The van der Waals surface area contributed by atoms with E-state index in [0.29, 0.717) is 24.4 Å². The number of hydrogen-bond acceptors (Lipinski definition) is 2. The third-order valence-electron chi connectivity index (χ3n) is 2.26. The van der Waals surface area contributed by atoms with Gasteiger partial charge in [-0.2, -0.15) is 0 Å². The van der Waals surface area contributed by atoms with Gasteiger partial charge < -0.3 is 4.74 Å². The first-order valence-electron chi connectivity index (χ1n) is 4.67. The largest absolute Gasteiger partial charge is 0.490 e. The number of ether oxygens (including phenoxy) is 1. The molecule has 14 heavy (non-hydrogen) atoms. The van der Waals surface area contributed by atoms with E-state index in [1.165, 1.54) is 25.0 Å². The minimum Gasteiger partial charge on any atom is -0.490 e. The molecular weight excluding hydrogens is 183 g/mol. The van der Waals surface area contributed by atoms with Gasteiger partial charge in [0.2, 0.25) is 0 Å². The second-order valence-electron chi connectivity index (χ2n) is 3.56. The maximum absolute atomic E-state index is 13.2. The van der Waals surface area contributed by atoms with E-state index in [4.69, 9.17) is 4.74 Å². The number of hydrogen-bond donors (Lipinski definition) is 0. The molecule has 0 aliphatic heterocycles. The average molecular weight is 194 g/mol. The molecule has 2 nitrogen and oxygen atoms in total. The van der Waals surface area contributed by atoms with Crippen LogP contribution in [-0.2, 0) is 0 Å². The Morgan fingerprint density at radius 1 is 1.50 bits per heavy atom. The number of carbonyl (C=O) groups excluding carboxylic acids is 1. The zero-order valence-electron chi connectivity index (χ0n) is 7.70. The lowest BCUT2D eigenvalue weighted by molar-refractivity contribution is 0.112. The lowest BCUT2D eigenvalue weighted by atomic mass is 10.2. The Morgan fingerprint density at radius 3 is 2.86 bits per heavy atom. The first-order chi connectivity index (χ1) is 6.79. The van der Waals surface area contributed by atoms with Crippen LogP contribution in [0.3, 0.4) is 0 Å². The van der Waals surface area contributed by atoms with Crippen molar-refractivity contribution in [2.75, 3.05) is 6.61 Å². The molecule has 0 amide bonds. The van der Waals surface area contributed by atoms with Gasteiger partial charge in [0.05, 0.1) is 6.61 Å². The summed E-state index contributed by atoms with van der Waals surface area (Å²) in [7, 11) is 0. The van der Waals surface area contributed by atoms with Crippen LogP contribution in [0.2, 0.25) is 0 Å². The molecule has 0 bridgehead atoms. The third kappa shape index (κ3) is 2.10. The van der Waals surface area contributed by atoms with Gasteiger partial charge in [-0.25, -0.2) is 4.39 Å². The van der Waals surface area contributed by atoms with Crippen LogP contribution in [0.5, 0.6) is 5.75 Å². The number of halogens is 1. The molecule has 0 radical (unpaired) electrons. The lowest BCUT2D eigenvalue weighted by Crippen LogP contribution is -2.01. The molecule has 0 N–H and O–H groups in total. The first kappa shape index (κ1) is 9.19. The van der Waals surface area contributed by atoms with Crippen molar-refractivity contribution in [3.63, 3.8) is 0 Å². The summed E-state index contributed by atoms with van der Waals surface area (Å²) in [5.74, 6) is 0.373. The van der Waals surface area contributed by atoms with E-state index in [2.05, 4.69) is 0 Å². The van der Waals surface area contributed by atoms with E-state index < -0.39 is 5.82 Å². The topological polar surface area (TPSA) is 26.3 Å². The van der Waals surface area contributed by atoms with E-state index in [1.807, 2.05) is 0 Å². The van der Waals surface area contributed by atoms with Crippen LogP contribution in [0.25, 0.3) is 0 Å².